The molecule has 1 aliphatic carbocycles. The van der Waals surface area contributed by atoms with E-state index in [1.807, 2.05) is 38.1 Å². The van der Waals surface area contributed by atoms with Crippen LogP contribution >= 0.6 is 11.6 Å². The molecule has 1 saturated carbocycles. The average molecular weight is 310 g/mol. The summed E-state index contributed by atoms with van der Waals surface area (Å²) in [5.74, 6) is 0. The molecular weight excluding hydrogens is 286 g/mol. The van der Waals surface area contributed by atoms with E-state index in [0.717, 1.165) is 36.9 Å². The highest BCUT2D eigenvalue weighted by Crippen LogP contribution is 2.24. The van der Waals surface area contributed by atoms with Crippen LogP contribution in [0.15, 0.2) is 18.2 Å². The van der Waals surface area contributed by atoms with Gasteiger partial charge in [0.15, 0.2) is 0 Å². The molecule has 1 aromatic rings. The van der Waals surface area contributed by atoms with Crippen molar-refractivity contribution in [2.75, 3.05) is 19.4 Å². The van der Waals surface area contributed by atoms with Gasteiger partial charge in [0, 0.05) is 29.8 Å². The summed E-state index contributed by atoms with van der Waals surface area (Å²) in [7, 11) is 3.87. The van der Waals surface area contributed by atoms with Crippen LogP contribution in [0.1, 0.15) is 31.2 Å². The van der Waals surface area contributed by atoms with Gasteiger partial charge in [-0.25, -0.2) is 4.79 Å². The molecule has 0 saturated heterocycles. The standard InChI is InChI=1S/C16H24ClN3O/c1-11-4-5-13(10-15(11)17)19-16(21)20(3)14-8-6-12(18-2)7-9-14/h4-5,10,12,14,18H,6-9H2,1-3H3,(H,19,21). The van der Waals surface area contributed by atoms with Gasteiger partial charge >= 0.3 is 6.03 Å². The predicted molar refractivity (Wildman–Crippen MR) is 88.1 cm³/mol. The molecule has 4 nitrogen and oxygen atoms in total. The highest BCUT2D eigenvalue weighted by molar-refractivity contribution is 6.31. The molecule has 2 amide bonds. The smallest absolute Gasteiger partial charge is 0.321 e. The molecule has 0 bridgehead atoms. The fourth-order valence-corrected chi connectivity index (χ4v) is 2.98. The summed E-state index contributed by atoms with van der Waals surface area (Å²) in [5, 5.41) is 6.90. The number of carbonyl (C=O) groups excluding carboxylic acids is 1. The molecule has 0 unspecified atom stereocenters. The molecule has 1 aromatic carbocycles. The van der Waals surface area contributed by atoms with Crippen molar-refractivity contribution >= 4 is 23.3 Å². The Hall–Kier alpha value is -1.26. The number of nitrogens with zero attached hydrogens (tertiary/aromatic N) is 1. The minimum absolute atomic E-state index is 0.0668. The molecule has 21 heavy (non-hydrogen) atoms. The first-order valence-electron chi connectivity index (χ1n) is 7.48. The highest BCUT2D eigenvalue weighted by atomic mass is 35.5. The van der Waals surface area contributed by atoms with Gasteiger partial charge in [0.25, 0.3) is 0 Å². The van der Waals surface area contributed by atoms with Crippen molar-refractivity contribution in [3.63, 3.8) is 0 Å². The Balaban J connectivity index is 1.92. The molecule has 116 valence electrons. The van der Waals surface area contributed by atoms with Crippen molar-refractivity contribution in [2.24, 2.45) is 0 Å². The third-order valence-corrected chi connectivity index (χ3v) is 4.80. The van der Waals surface area contributed by atoms with E-state index in [-0.39, 0.29) is 6.03 Å². The van der Waals surface area contributed by atoms with Gasteiger partial charge in [-0.05, 0) is 57.4 Å². The summed E-state index contributed by atoms with van der Waals surface area (Å²) in [6, 6.07) is 6.42. The fourth-order valence-electron chi connectivity index (χ4n) is 2.80. The van der Waals surface area contributed by atoms with Crippen LogP contribution in [0, 0.1) is 6.92 Å². The zero-order chi connectivity index (χ0) is 15.4. The summed E-state index contributed by atoms with van der Waals surface area (Å²) in [4.78, 5) is 14.1. The number of amides is 2. The van der Waals surface area contributed by atoms with E-state index in [2.05, 4.69) is 10.6 Å². The van der Waals surface area contributed by atoms with Crippen LogP contribution in [0.2, 0.25) is 5.02 Å². The van der Waals surface area contributed by atoms with Gasteiger partial charge < -0.3 is 15.5 Å². The number of benzene rings is 1. The number of hydrogen-bond donors (Lipinski definition) is 2. The molecule has 1 fully saturated rings. The molecular formula is C16H24ClN3O. The topological polar surface area (TPSA) is 44.4 Å². The summed E-state index contributed by atoms with van der Waals surface area (Å²) in [6.07, 6.45) is 4.33. The second-order valence-corrected chi connectivity index (χ2v) is 6.21. The minimum atomic E-state index is -0.0668. The lowest BCUT2D eigenvalue weighted by molar-refractivity contribution is 0.178. The van der Waals surface area contributed by atoms with Crippen LogP contribution in [0.25, 0.3) is 0 Å². The number of carbonyl (C=O) groups is 1. The number of aryl methyl sites for hydroxylation is 1. The van der Waals surface area contributed by atoms with Crippen molar-refractivity contribution in [3.05, 3.63) is 28.8 Å². The Kier molecular flexibility index (Phi) is 5.48. The second-order valence-electron chi connectivity index (χ2n) is 5.80. The van der Waals surface area contributed by atoms with Gasteiger partial charge in [-0.3, -0.25) is 0 Å². The number of urea groups is 1. The van der Waals surface area contributed by atoms with Crippen LogP contribution in [0.5, 0.6) is 0 Å². The van der Waals surface area contributed by atoms with Crippen molar-refractivity contribution in [1.82, 2.24) is 10.2 Å². The summed E-state index contributed by atoms with van der Waals surface area (Å²) in [6.45, 7) is 1.94. The molecule has 0 aromatic heterocycles. The lowest BCUT2D eigenvalue weighted by atomic mass is 9.90. The van der Waals surface area contributed by atoms with E-state index in [1.165, 1.54) is 0 Å². The number of nitrogens with one attached hydrogen (secondary N) is 2. The molecule has 5 heteroatoms. The Morgan fingerprint density at radius 2 is 1.95 bits per heavy atom. The molecule has 2 N–H and O–H groups in total. The van der Waals surface area contributed by atoms with E-state index in [4.69, 9.17) is 11.6 Å². The zero-order valence-corrected chi connectivity index (χ0v) is 13.7. The van der Waals surface area contributed by atoms with Crippen LogP contribution < -0.4 is 10.6 Å². The molecule has 0 heterocycles. The third-order valence-electron chi connectivity index (χ3n) is 4.40. The quantitative estimate of drug-likeness (QED) is 0.895. The number of anilines is 1. The maximum absolute atomic E-state index is 12.3. The van der Waals surface area contributed by atoms with Gasteiger partial charge in [-0.1, -0.05) is 17.7 Å². The van der Waals surface area contributed by atoms with E-state index >= 15 is 0 Å². The van der Waals surface area contributed by atoms with E-state index in [1.54, 1.807) is 6.07 Å². The first-order valence-corrected chi connectivity index (χ1v) is 7.86. The number of halogens is 1. The predicted octanol–water partition coefficient (Wildman–Crippen LogP) is 3.64. The lowest BCUT2D eigenvalue weighted by Gasteiger charge is -2.34. The normalized spacial score (nSPS) is 21.9. The fraction of sp³-hybridized carbons (Fsp3) is 0.562. The molecule has 0 atom stereocenters. The SMILES string of the molecule is CNC1CCC(N(C)C(=O)Nc2ccc(C)c(Cl)c2)CC1. The van der Waals surface area contributed by atoms with Gasteiger partial charge in [-0.15, -0.1) is 0 Å². The average Bonchev–Trinajstić information content (AvgIpc) is 2.50. The largest absolute Gasteiger partial charge is 0.325 e. The second kappa shape index (κ2) is 7.14. The van der Waals surface area contributed by atoms with Crippen molar-refractivity contribution in [1.29, 1.82) is 0 Å². The maximum Gasteiger partial charge on any atom is 0.321 e. The molecule has 0 radical (unpaired) electrons. The van der Waals surface area contributed by atoms with Crippen LogP contribution in [-0.2, 0) is 0 Å². The summed E-state index contributed by atoms with van der Waals surface area (Å²) in [5.41, 5.74) is 1.75. The van der Waals surface area contributed by atoms with Crippen LogP contribution in [0.3, 0.4) is 0 Å². The molecule has 0 spiro atoms. The van der Waals surface area contributed by atoms with Gasteiger partial charge in [0.05, 0.1) is 0 Å². The van der Waals surface area contributed by atoms with Crippen LogP contribution in [0.4, 0.5) is 10.5 Å². The van der Waals surface area contributed by atoms with E-state index in [0.29, 0.717) is 17.1 Å². The van der Waals surface area contributed by atoms with Crippen molar-refractivity contribution in [2.45, 2.75) is 44.7 Å². The van der Waals surface area contributed by atoms with E-state index in [9.17, 15) is 4.79 Å². The molecule has 2 rings (SSSR count). The van der Waals surface area contributed by atoms with Crippen LogP contribution in [-0.4, -0.2) is 37.1 Å². The molecule has 0 aliphatic heterocycles. The zero-order valence-electron chi connectivity index (χ0n) is 12.9. The minimum Gasteiger partial charge on any atom is -0.325 e. The Morgan fingerprint density at radius 3 is 2.52 bits per heavy atom. The first-order chi connectivity index (χ1) is 10.0. The van der Waals surface area contributed by atoms with Gasteiger partial charge in [-0.2, -0.15) is 0 Å². The third kappa shape index (κ3) is 4.11. The van der Waals surface area contributed by atoms with Gasteiger partial charge in [0.2, 0.25) is 0 Å². The van der Waals surface area contributed by atoms with Crippen molar-refractivity contribution in [3.8, 4) is 0 Å². The number of rotatable bonds is 3. The summed E-state index contributed by atoms with van der Waals surface area (Å²) >= 11 is 6.09. The Bertz CT molecular complexity index is 498. The lowest BCUT2D eigenvalue weighted by Crippen LogP contribution is -2.44. The highest BCUT2D eigenvalue weighted by Gasteiger charge is 2.25. The Morgan fingerprint density at radius 1 is 1.29 bits per heavy atom. The Labute approximate surface area is 131 Å². The van der Waals surface area contributed by atoms with Crippen molar-refractivity contribution < 1.29 is 4.79 Å². The van der Waals surface area contributed by atoms with Gasteiger partial charge in [0.1, 0.15) is 0 Å². The first kappa shape index (κ1) is 16.1. The number of hydrogen-bond acceptors (Lipinski definition) is 2. The maximum atomic E-state index is 12.3. The summed E-state index contributed by atoms with van der Waals surface area (Å²) < 4.78 is 0. The monoisotopic (exact) mass is 309 g/mol. The molecule has 1 aliphatic rings. The van der Waals surface area contributed by atoms with E-state index < -0.39 is 0 Å².